The van der Waals surface area contributed by atoms with Crippen LogP contribution >= 0.6 is 0 Å². The minimum absolute atomic E-state index is 0.0372. The van der Waals surface area contributed by atoms with Crippen LogP contribution in [0.2, 0.25) is 0 Å². The van der Waals surface area contributed by atoms with Gasteiger partial charge >= 0.3 is 6.18 Å². The van der Waals surface area contributed by atoms with Crippen molar-refractivity contribution >= 4 is 39.5 Å². The van der Waals surface area contributed by atoms with Crippen LogP contribution in [-0.2, 0) is 28.3 Å². The summed E-state index contributed by atoms with van der Waals surface area (Å²) in [5, 5.41) is 16.8. The van der Waals surface area contributed by atoms with Crippen molar-refractivity contribution in [1.29, 1.82) is 0 Å². The first-order valence-corrected chi connectivity index (χ1v) is 13.7. The summed E-state index contributed by atoms with van der Waals surface area (Å²) >= 11 is -2.00. The standard InChI is InChI=1S/C23H28F3N5O4S2/c1-13-7-10-16(35-13)19(22(2)11-5-6-12-22)28-21-20(29-37(34)30-21)27-15-9-8-14(23(24,25)26)18(17(15)32)36(33)31(3)4/h7-10,19,32H,5-6,11-12H2,1-4H3,(H,27,29)(H,28,30)/t19-,36?,37?/m0/s1. The minimum Gasteiger partial charge on any atom is -0.504 e. The molecule has 0 bridgehead atoms. The number of aryl methyl sites for hydroxylation is 1. The van der Waals surface area contributed by atoms with Crippen molar-refractivity contribution in [2.24, 2.45) is 14.2 Å². The normalized spacial score (nSPS) is 21.0. The summed E-state index contributed by atoms with van der Waals surface area (Å²) in [6.45, 7) is 3.95. The Bertz CT molecular complexity index is 1300. The summed E-state index contributed by atoms with van der Waals surface area (Å²) in [6, 6.07) is 5.09. The third kappa shape index (κ3) is 5.60. The number of nitrogens with zero attached hydrogens (tertiary/aromatic N) is 3. The maximum atomic E-state index is 13.6. The second kappa shape index (κ2) is 10.2. The van der Waals surface area contributed by atoms with Crippen LogP contribution in [0.3, 0.4) is 0 Å². The van der Waals surface area contributed by atoms with Gasteiger partial charge in [-0.3, -0.25) is 0 Å². The molecule has 2 aliphatic rings. The number of hydrogen-bond donors (Lipinski definition) is 3. The molecule has 3 atom stereocenters. The maximum Gasteiger partial charge on any atom is 0.417 e. The average molecular weight is 560 g/mol. The van der Waals surface area contributed by atoms with Crippen molar-refractivity contribution < 1.29 is 31.1 Å². The molecule has 2 unspecified atom stereocenters. The highest BCUT2D eigenvalue weighted by Gasteiger charge is 2.42. The van der Waals surface area contributed by atoms with E-state index in [0.717, 1.165) is 47.9 Å². The molecule has 1 aromatic carbocycles. The highest BCUT2D eigenvalue weighted by molar-refractivity contribution is 7.83. The zero-order valence-corrected chi connectivity index (χ0v) is 22.3. The van der Waals surface area contributed by atoms with Crippen LogP contribution in [0.4, 0.5) is 18.9 Å². The summed E-state index contributed by atoms with van der Waals surface area (Å²) in [7, 11) is 0.349. The van der Waals surface area contributed by atoms with Crippen LogP contribution in [0, 0.1) is 12.3 Å². The van der Waals surface area contributed by atoms with Gasteiger partial charge in [0.15, 0.2) is 17.4 Å². The summed E-state index contributed by atoms with van der Waals surface area (Å²) in [6.07, 6.45) is -0.933. The first kappa shape index (κ1) is 27.3. The minimum atomic E-state index is -4.84. The van der Waals surface area contributed by atoms with E-state index in [4.69, 9.17) is 4.42 Å². The number of phenols is 1. The zero-order valence-electron chi connectivity index (χ0n) is 20.7. The zero-order chi connectivity index (χ0) is 27.1. The van der Waals surface area contributed by atoms with Gasteiger partial charge in [0.2, 0.25) is 0 Å². The molecule has 2 heterocycles. The number of rotatable bonds is 6. The first-order valence-electron chi connectivity index (χ1n) is 11.5. The lowest BCUT2D eigenvalue weighted by Crippen LogP contribution is -2.42. The summed E-state index contributed by atoms with van der Waals surface area (Å²) in [5.41, 5.74) is -1.62. The van der Waals surface area contributed by atoms with E-state index in [1.807, 2.05) is 19.1 Å². The predicted octanol–water partition coefficient (Wildman–Crippen LogP) is 4.61. The predicted molar refractivity (Wildman–Crippen MR) is 136 cm³/mol. The monoisotopic (exact) mass is 559 g/mol. The largest absolute Gasteiger partial charge is 0.504 e. The lowest BCUT2D eigenvalue weighted by molar-refractivity contribution is -0.140. The summed E-state index contributed by atoms with van der Waals surface area (Å²) in [4.78, 5) is -0.795. The van der Waals surface area contributed by atoms with E-state index in [-0.39, 0.29) is 28.8 Å². The Hall–Kier alpha value is -2.71. The molecule has 14 heteroatoms. The van der Waals surface area contributed by atoms with Crippen LogP contribution < -0.4 is 10.6 Å². The van der Waals surface area contributed by atoms with Crippen molar-refractivity contribution in [3.63, 3.8) is 0 Å². The van der Waals surface area contributed by atoms with E-state index in [0.29, 0.717) is 5.76 Å². The summed E-state index contributed by atoms with van der Waals surface area (Å²) in [5.74, 6) is 0.610. The highest BCUT2D eigenvalue weighted by Crippen LogP contribution is 2.48. The van der Waals surface area contributed by atoms with Crippen LogP contribution in [0.1, 0.15) is 55.7 Å². The SMILES string of the molecule is Cc1ccc([C@H](NC2=NS(=O)N=C2Nc2ccc(C(F)(F)F)c(S(=O)N(C)C)c2O)C2(C)CCCC2)o1. The third-order valence-corrected chi connectivity index (χ3v) is 8.63. The fourth-order valence-electron chi connectivity index (χ4n) is 4.63. The van der Waals surface area contributed by atoms with Crippen molar-refractivity contribution in [2.75, 3.05) is 19.4 Å². The molecule has 1 aliphatic carbocycles. The van der Waals surface area contributed by atoms with Gasteiger partial charge in [0.25, 0.3) is 11.2 Å². The molecule has 0 radical (unpaired) electrons. The fourth-order valence-corrected chi connectivity index (χ4v) is 6.26. The molecule has 1 saturated carbocycles. The molecule has 1 aromatic heterocycles. The lowest BCUT2D eigenvalue weighted by Gasteiger charge is -2.34. The molecule has 0 spiro atoms. The van der Waals surface area contributed by atoms with E-state index >= 15 is 0 Å². The van der Waals surface area contributed by atoms with Gasteiger partial charge in [-0.25, -0.2) is 12.7 Å². The van der Waals surface area contributed by atoms with E-state index in [2.05, 4.69) is 26.4 Å². The summed E-state index contributed by atoms with van der Waals surface area (Å²) < 4.78 is 80.7. The van der Waals surface area contributed by atoms with E-state index in [1.54, 1.807) is 0 Å². The number of furan rings is 1. The molecule has 0 saturated heterocycles. The van der Waals surface area contributed by atoms with Gasteiger partial charge in [0, 0.05) is 0 Å². The Morgan fingerprint density at radius 2 is 1.81 bits per heavy atom. The molecule has 4 rings (SSSR count). The van der Waals surface area contributed by atoms with Gasteiger partial charge in [0.05, 0.1) is 17.3 Å². The van der Waals surface area contributed by atoms with Gasteiger partial charge in [-0.1, -0.05) is 19.8 Å². The molecular weight excluding hydrogens is 531 g/mol. The van der Waals surface area contributed by atoms with E-state index in [9.17, 15) is 26.7 Å². The second-order valence-electron chi connectivity index (χ2n) is 9.52. The Labute approximate surface area is 217 Å². The number of benzene rings is 1. The molecule has 2 aromatic rings. The average Bonchev–Trinajstić information content (AvgIpc) is 3.52. The number of anilines is 1. The van der Waals surface area contributed by atoms with E-state index < -0.39 is 44.5 Å². The van der Waals surface area contributed by atoms with Crippen molar-refractivity contribution in [1.82, 2.24) is 9.62 Å². The first-order chi connectivity index (χ1) is 17.3. The number of hydrogen-bond acceptors (Lipinski definition) is 6. The molecule has 202 valence electrons. The maximum absolute atomic E-state index is 13.6. The van der Waals surface area contributed by atoms with Gasteiger partial charge in [-0.15, -0.1) is 8.80 Å². The molecule has 1 fully saturated rings. The van der Waals surface area contributed by atoms with Gasteiger partial charge in [-0.05, 0) is 63.5 Å². The smallest absolute Gasteiger partial charge is 0.417 e. The molecule has 0 amide bonds. The van der Waals surface area contributed by atoms with Crippen LogP contribution in [0.5, 0.6) is 5.75 Å². The quantitative estimate of drug-likeness (QED) is 0.445. The number of aromatic hydroxyl groups is 1. The Morgan fingerprint density at radius 1 is 1.16 bits per heavy atom. The van der Waals surface area contributed by atoms with Gasteiger partial charge < -0.3 is 20.2 Å². The van der Waals surface area contributed by atoms with Gasteiger partial charge in [-0.2, -0.15) is 13.2 Å². The number of alkyl halides is 3. The number of amidine groups is 2. The molecular formula is C23H28F3N5O4S2. The molecule has 1 aliphatic heterocycles. The van der Waals surface area contributed by atoms with Crippen LogP contribution in [-0.4, -0.2) is 43.6 Å². The van der Waals surface area contributed by atoms with Crippen LogP contribution in [0.15, 0.2) is 42.4 Å². The van der Waals surface area contributed by atoms with E-state index in [1.165, 1.54) is 14.1 Å². The van der Waals surface area contributed by atoms with Gasteiger partial charge in [0.1, 0.15) is 27.4 Å². The fraction of sp³-hybridized carbons (Fsp3) is 0.478. The Balaban J connectivity index is 1.68. The Kier molecular flexibility index (Phi) is 7.55. The Morgan fingerprint density at radius 3 is 2.38 bits per heavy atom. The third-order valence-electron chi connectivity index (χ3n) is 6.53. The highest BCUT2D eigenvalue weighted by atomic mass is 32.2. The topological polar surface area (TPSA) is 120 Å². The molecule has 37 heavy (non-hydrogen) atoms. The number of halogens is 3. The van der Waals surface area contributed by atoms with Crippen molar-refractivity contribution in [3.8, 4) is 5.75 Å². The molecule has 3 N–H and O–H groups in total. The van der Waals surface area contributed by atoms with Crippen LogP contribution in [0.25, 0.3) is 0 Å². The molecule has 9 nitrogen and oxygen atoms in total. The second-order valence-corrected chi connectivity index (χ2v) is 12.0. The van der Waals surface area contributed by atoms with Crippen molar-refractivity contribution in [2.45, 2.75) is 56.6 Å². The lowest BCUT2D eigenvalue weighted by atomic mass is 9.79. The number of nitrogens with one attached hydrogen (secondary N) is 2. The van der Waals surface area contributed by atoms with Crippen molar-refractivity contribution in [3.05, 3.63) is 41.3 Å². The number of phenolic OH excluding ortho intramolecular Hbond substituents is 1.